The van der Waals surface area contributed by atoms with Gasteiger partial charge in [-0.1, -0.05) is 6.92 Å². The maximum Gasteiger partial charge on any atom is 0.310 e. The number of carboxylic acids is 1. The lowest BCUT2D eigenvalue weighted by Crippen LogP contribution is -2.37. The average Bonchev–Trinajstić information content (AvgIpc) is 2.62. The molecule has 18 heavy (non-hydrogen) atoms. The molecule has 0 radical (unpaired) electrons. The van der Waals surface area contributed by atoms with Crippen molar-refractivity contribution < 1.29 is 23.1 Å². The molecule has 1 N–H and O–H groups in total. The van der Waals surface area contributed by atoms with Crippen molar-refractivity contribution in [3.8, 4) is 0 Å². The number of hydrogen-bond donors (Lipinski definition) is 1. The maximum absolute atomic E-state index is 12.1. The Balaban J connectivity index is 2.69. The van der Waals surface area contributed by atoms with E-state index < -0.39 is 21.4 Å². The SMILES string of the molecule is COCC(C)CS(=O)(=O)N1CCC(C)(C(=O)O)C1. The van der Waals surface area contributed by atoms with E-state index in [4.69, 9.17) is 9.84 Å². The molecule has 0 bridgehead atoms. The number of carboxylic acid groups (broad SMARTS) is 1. The van der Waals surface area contributed by atoms with Crippen LogP contribution in [0.3, 0.4) is 0 Å². The lowest BCUT2D eigenvalue weighted by atomic mass is 9.90. The lowest BCUT2D eigenvalue weighted by molar-refractivity contribution is -0.146. The molecule has 6 nitrogen and oxygen atoms in total. The van der Waals surface area contributed by atoms with E-state index in [-0.39, 0.29) is 24.8 Å². The molecule has 106 valence electrons. The highest BCUT2D eigenvalue weighted by molar-refractivity contribution is 7.89. The molecule has 7 heteroatoms. The fourth-order valence-corrected chi connectivity index (χ4v) is 4.01. The quantitative estimate of drug-likeness (QED) is 0.760. The smallest absolute Gasteiger partial charge is 0.310 e. The van der Waals surface area contributed by atoms with Crippen molar-refractivity contribution >= 4 is 16.0 Å². The molecular weight excluding hydrogens is 258 g/mol. The van der Waals surface area contributed by atoms with Gasteiger partial charge in [0.1, 0.15) is 0 Å². The molecule has 1 fully saturated rings. The molecule has 0 aromatic rings. The van der Waals surface area contributed by atoms with E-state index in [1.807, 2.05) is 0 Å². The zero-order valence-corrected chi connectivity index (χ0v) is 11.9. The van der Waals surface area contributed by atoms with E-state index in [2.05, 4.69) is 0 Å². The number of hydrogen-bond acceptors (Lipinski definition) is 4. The second-order valence-corrected chi connectivity index (χ2v) is 7.30. The van der Waals surface area contributed by atoms with Crippen LogP contribution in [0.15, 0.2) is 0 Å². The average molecular weight is 279 g/mol. The van der Waals surface area contributed by atoms with Gasteiger partial charge in [0.2, 0.25) is 10.0 Å². The predicted octanol–water partition coefficient (Wildman–Crippen LogP) is 0.395. The summed E-state index contributed by atoms with van der Waals surface area (Å²) in [6, 6.07) is 0. The van der Waals surface area contributed by atoms with Crippen LogP contribution >= 0.6 is 0 Å². The molecule has 0 aromatic heterocycles. The summed E-state index contributed by atoms with van der Waals surface area (Å²) < 4.78 is 30.4. The number of aliphatic carboxylic acids is 1. The lowest BCUT2D eigenvalue weighted by Gasteiger charge is -2.21. The minimum atomic E-state index is -3.40. The number of carbonyl (C=O) groups is 1. The molecule has 2 unspecified atom stereocenters. The molecule has 1 heterocycles. The minimum Gasteiger partial charge on any atom is -0.481 e. The van der Waals surface area contributed by atoms with Crippen LogP contribution in [0, 0.1) is 11.3 Å². The van der Waals surface area contributed by atoms with E-state index in [1.165, 1.54) is 11.4 Å². The van der Waals surface area contributed by atoms with Crippen molar-refractivity contribution in [3.05, 3.63) is 0 Å². The monoisotopic (exact) mass is 279 g/mol. The van der Waals surface area contributed by atoms with E-state index in [9.17, 15) is 13.2 Å². The van der Waals surface area contributed by atoms with Crippen LogP contribution in [0.25, 0.3) is 0 Å². The highest BCUT2D eigenvalue weighted by Gasteiger charge is 2.44. The van der Waals surface area contributed by atoms with Crippen molar-refractivity contribution in [3.63, 3.8) is 0 Å². The van der Waals surface area contributed by atoms with Gasteiger partial charge in [-0.05, 0) is 19.3 Å². The number of nitrogens with zero attached hydrogens (tertiary/aromatic N) is 1. The van der Waals surface area contributed by atoms with Gasteiger partial charge in [-0.25, -0.2) is 12.7 Å². The first kappa shape index (κ1) is 15.4. The number of rotatable bonds is 6. The van der Waals surface area contributed by atoms with Crippen LogP contribution in [0.2, 0.25) is 0 Å². The van der Waals surface area contributed by atoms with Crippen molar-refractivity contribution in [2.45, 2.75) is 20.3 Å². The van der Waals surface area contributed by atoms with Crippen LogP contribution < -0.4 is 0 Å². The Morgan fingerprint density at radius 3 is 2.61 bits per heavy atom. The second-order valence-electron chi connectivity index (χ2n) is 5.29. The Kier molecular flexibility index (Phi) is 4.74. The van der Waals surface area contributed by atoms with E-state index in [1.54, 1.807) is 13.8 Å². The number of sulfonamides is 1. The van der Waals surface area contributed by atoms with Crippen LogP contribution in [-0.2, 0) is 19.6 Å². The van der Waals surface area contributed by atoms with Crippen LogP contribution in [0.1, 0.15) is 20.3 Å². The van der Waals surface area contributed by atoms with Crippen LogP contribution in [0.5, 0.6) is 0 Å². The van der Waals surface area contributed by atoms with Gasteiger partial charge >= 0.3 is 5.97 Å². The maximum atomic E-state index is 12.1. The largest absolute Gasteiger partial charge is 0.481 e. The first-order chi connectivity index (χ1) is 8.21. The fraction of sp³-hybridized carbons (Fsp3) is 0.909. The Bertz CT molecular complexity index is 408. The zero-order valence-electron chi connectivity index (χ0n) is 11.0. The van der Waals surface area contributed by atoms with Crippen LogP contribution in [-0.4, -0.2) is 56.4 Å². The number of methoxy groups -OCH3 is 1. The third-order valence-electron chi connectivity index (χ3n) is 3.29. The molecule has 2 atom stereocenters. The third-order valence-corrected chi connectivity index (χ3v) is 5.38. The highest BCUT2D eigenvalue weighted by atomic mass is 32.2. The van der Waals surface area contributed by atoms with Gasteiger partial charge in [-0.2, -0.15) is 0 Å². The second kappa shape index (κ2) is 5.54. The van der Waals surface area contributed by atoms with Gasteiger partial charge in [0.15, 0.2) is 0 Å². The molecular formula is C11H21NO5S. The van der Waals surface area contributed by atoms with Gasteiger partial charge in [-0.3, -0.25) is 4.79 Å². The predicted molar refractivity (Wildman–Crippen MR) is 66.8 cm³/mol. The van der Waals surface area contributed by atoms with E-state index in [0.29, 0.717) is 13.0 Å². The Labute approximate surface area is 108 Å². The van der Waals surface area contributed by atoms with Gasteiger partial charge in [0.25, 0.3) is 0 Å². The Morgan fingerprint density at radius 1 is 1.56 bits per heavy atom. The summed E-state index contributed by atoms with van der Waals surface area (Å²) in [5.74, 6) is -1.04. The van der Waals surface area contributed by atoms with Gasteiger partial charge in [0, 0.05) is 26.8 Å². The Hall–Kier alpha value is -0.660. The highest BCUT2D eigenvalue weighted by Crippen LogP contribution is 2.32. The third kappa shape index (κ3) is 3.43. The normalized spacial score (nSPS) is 27.3. The summed E-state index contributed by atoms with van der Waals surface area (Å²) >= 11 is 0. The summed E-state index contributed by atoms with van der Waals surface area (Å²) in [4.78, 5) is 11.1. The first-order valence-electron chi connectivity index (χ1n) is 5.91. The van der Waals surface area contributed by atoms with Gasteiger partial charge in [0.05, 0.1) is 11.2 Å². The van der Waals surface area contributed by atoms with Crippen molar-refractivity contribution in [2.24, 2.45) is 11.3 Å². The van der Waals surface area contributed by atoms with Crippen molar-refractivity contribution in [2.75, 3.05) is 32.6 Å². The zero-order chi connectivity index (χ0) is 14.0. The Morgan fingerprint density at radius 2 is 2.17 bits per heavy atom. The molecule has 1 saturated heterocycles. The molecule has 0 spiro atoms. The van der Waals surface area contributed by atoms with Crippen molar-refractivity contribution in [1.82, 2.24) is 4.31 Å². The molecule has 0 saturated carbocycles. The topological polar surface area (TPSA) is 83.9 Å². The molecule has 1 rings (SSSR count). The van der Waals surface area contributed by atoms with Gasteiger partial charge < -0.3 is 9.84 Å². The molecule has 1 aliphatic heterocycles. The molecule has 0 aliphatic carbocycles. The summed E-state index contributed by atoms with van der Waals surface area (Å²) in [6.07, 6.45) is 0.361. The van der Waals surface area contributed by atoms with Crippen LogP contribution in [0.4, 0.5) is 0 Å². The summed E-state index contributed by atoms with van der Waals surface area (Å²) in [5.41, 5.74) is -0.961. The van der Waals surface area contributed by atoms with Crippen molar-refractivity contribution in [1.29, 1.82) is 0 Å². The molecule has 0 amide bonds. The van der Waals surface area contributed by atoms with E-state index >= 15 is 0 Å². The summed E-state index contributed by atoms with van der Waals surface area (Å²) in [5, 5.41) is 9.08. The molecule has 1 aliphatic rings. The standard InChI is InChI=1S/C11H21NO5S/c1-9(6-17-3)7-18(15,16)12-5-4-11(2,8-12)10(13)14/h9H,4-8H2,1-3H3,(H,13,14). The minimum absolute atomic E-state index is 0.00343. The summed E-state index contributed by atoms with van der Waals surface area (Å²) in [7, 11) is -1.87. The van der Waals surface area contributed by atoms with E-state index in [0.717, 1.165) is 0 Å². The van der Waals surface area contributed by atoms with Gasteiger partial charge in [-0.15, -0.1) is 0 Å². The summed E-state index contributed by atoms with van der Waals surface area (Å²) in [6.45, 7) is 4.11. The molecule has 0 aromatic carbocycles. The first-order valence-corrected chi connectivity index (χ1v) is 7.52. The fourth-order valence-electron chi connectivity index (χ4n) is 2.13. The number of ether oxygens (including phenoxy) is 1.